The summed E-state index contributed by atoms with van der Waals surface area (Å²) in [6.07, 6.45) is -0.344. The number of aryl methyl sites for hydroxylation is 5. The maximum absolute atomic E-state index is 14.2. The molecule has 4 aromatic carbocycles. The third-order valence-corrected chi connectivity index (χ3v) is 8.90. The topological polar surface area (TPSA) is 105 Å². The van der Waals surface area contributed by atoms with Gasteiger partial charge in [-0.1, -0.05) is 66.2 Å². The molecule has 0 heterocycles. The molecular weight excluding hydrogens is 576 g/mol. The molecule has 46 heavy (non-hydrogen) atoms. The molecule has 2 amide bonds. The first-order valence-electron chi connectivity index (χ1n) is 15.6. The van der Waals surface area contributed by atoms with Crippen molar-refractivity contribution in [3.05, 3.63) is 124 Å². The zero-order chi connectivity index (χ0) is 33.2. The molecular formula is C39H42N2O5. The molecule has 1 fully saturated rings. The number of amides is 2. The van der Waals surface area contributed by atoms with Gasteiger partial charge in [-0.05, 0) is 99.2 Å². The van der Waals surface area contributed by atoms with E-state index in [0.717, 1.165) is 33.4 Å². The largest absolute Gasteiger partial charge is 0.489 e. The molecule has 4 atom stereocenters. The van der Waals surface area contributed by atoms with Gasteiger partial charge in [0.05, 0.1) is 11.5 Å². The van der Waals surface area contributed by atoms with Gasteiger partial charge < -0.3 is 20.5 Å². The Morgan fingerprint density at radius 2 is 1.35 bits per heavy atom. The summed E-state index contributed by atoms with van der Waals surface area (Å²) in [5.41, 5.74) is 5.81. The standard InChI is InChI=1S/C39H42N2O5/c1-23-12-16-28(17-13-23)22-46-30-9-7-8-29(20-30)34-35(37(43)40-31-18-24(2)10-14-26(31)4)33(42)21-39(6,45)36(34)38(44)41-32-19-25(3)11-15-27(32)5/h7-20,34-36,45H,21-22H2,1-6H3,(H,40,43)(H,41,44). The fourth-order valence-electron chi connectivity index (χ4n) is 6.32. The molecule has 1 aliphatic carbocycles. The van der Waals surface area contributed by atoms with Crippen LogP contribution in [0.5, 0.6) is 5.75 Å². The van der Waals surface area contributed by atoms with Crippen molar-refractivity contribution in [1.29, 1.82) is 0 Å². The van der Waals surface area contributed by atoms with Crippen LogP contribution in [0, 0.1) is 46.5 Å². The van der Waals surface area contributed by atoms with Gasteiger partial charge in [-0.3, -0.25) is 14.4 Å². The smallest absolute Gasteiger partial charge is 0.235 e. The predicted octanol–water partition coefficient (Wildman–Crippen LogP) is 7.12. The van der Waals surface area contributed by atoms with E-state index in [0.29, 0.717) is 29.3 Å². The number of benzene rings is 4. The van der Waals surface area contributed by atoms with E-state index in [9.17, 15) is 19.5 Å². The first-order chi connectivity index (χ1) is 21.8. The van der Waals surface area contributed by atoms with Crippen molar-refractivity contribution < 1.29 is 24.2 Å². The van der Waals surface area contributed by atoms with Crippen LogP contribution in [0.1, 0.15) is 58.2 Å². The summed E-state index contributed by atoms with van der Waals surface area (Å²) in [7, 11) is 0. The number of Topliss-reactive ketones (excluding diaryl/α,β-unsaturated/α-hetero) is 1. The second-order valence-corrected chi connectivity index (χ2v) is 12.9. The van der Waals surface area contributed by atoms with Crippen molar-refractivity contribution in [3.8, 4) is 5.75 Å². The lowest BCUT2D eigenvalue weighted by molar-refractivity contribution is -0.150. The summed E-state index contributed by atoms with van der Waals surface area (Å²) in [6, 6.07) is 26.6. The van der Waals surface area contributed by atoms with Gasteiger partial charge in [-0.15, -0.1) is 0 Å². The van der Waals surface area contributed by atoms with E-state index in [2.05, 4.69) is 10.6 Å². The summed E-state index contributed by atoms with van der Waals surface area (Å²) < 4.78 is 6.13. The Morgan fingerprint density at radius 1 is 0.783 bits per heavy atom. The lowest BCUT2D eigenvalue weighted by Gasteiger charge is -2.44. The third kappa shape index (κ3) is 7.21. The Hall–Kier alpha value is -4.75. The summed E-state index contributed by atoms with van der Waals surface area (Å²) in [6.45, 7) is 11.5. The quantitative estimate of drug-likeness (QED) is 0.182. The average Bonchev–Trinajstić information content (AvgIpc) is 2.99. The molecule has 3 N–H and O–H groups in total. The molecule has 0 spiro atoms. The molecule has 7 heteroatoms. The van der Waals surface area contributed by atoms with Crippen molar-refractivity contribution in [3.63, 3.8) is 0 Å². The molecule has 4 unspecified atom stereocenters. The van der Waals surface area contributed by atoms with E-state index in [1.807, 2.05) is 95.3 Å². The Balaban J connectivity index is 1.56. The maximum atomic E-state index is 14.2. The van der Waals surface area contributed by atoms with E-state index in [4.69, 9.17) is 4.74 Å². The zero-order valence-electron chi connectivity index (χ0n) is 27.3. The van der Waals surface area contributed by atoms with Crippen LogP contribution < -0.4 is 15.4 Å². The molecule has 1 saturated carbocycles. The van der Waals surface area contributed by atoms with Gasteiger partial charge in [0.25, 0.3) is 0 Å². The first kappa shape index (κ1) is 32.6. The number of ether oxygens (including phenoxy) is 1. The number of anilines is 2. The Kier molecular flexibility index (Phi) is 9.44. The van der Waals surface area contributed by atoms with E-state index < -0.39 is 41.0 Å². The second kappa shape index (κ2) is 13.3. The normalized spacial score (nSPS) is 21.0. The van der Waals surface area contributed by atoms with Crippen molar-refractivity contribution >= 4 is 29.0 Å². The van der Waals surface area contributed by atoms with E-state index in [1.165, 1.54) is 6.92 Å². The van der Waals surface area contributed by atoms with Gasteiger partial charge in [0.15, 0.2) is 0 Å². The van der Waals surface area contributed by atoms with Crippen LogP contribution >= 0.6 is 0 Å². The average molecular weight is 619 g/mol. The second-order valence-electron chi connectivity index (χ2n) is 12.9. The maximum Gasteiger partial charge on any atom is 0.235 e. The molecule has 0 radical (unpaired) electrons. The highest BCUT2D eigenvalue weighted by Crippen LogP contribution is 2.47. The van der Waals surface area contributed by atoms with Crippen LogP contribution in [0.15, 0.2) is 84.9 Å². The van der Waals surface area contributed by atoms with Gasteiger partial charge >= 0.3 is 0 Å². The Bertz CT molecular complexity index is 1780. The van der Waals surface area contributed by atoms with E-state index >= 15 is 0 Å². The minimum atomic E-state index is -1.72. The monoisotopic (exact) mass is 618 g/mol. The molecule has 238 valence electrons. The number of hydrogen-bond acceptors (Lipinski definition) is 5. The summed E-state index contributed by atoms with van der Waals surface area (Å²) >= 11 is 0. The SMILES string of the molecule is Cc1ccc(COc2cccc(C3C(C(=O)Nc4cc(C)ccc4C)C(=O)CC(C)(O)C3C(=O)Nc3cc(C)ccc3C)c2)cc1. The zero-order valence-corrected chi connectivity index (χ0v) is 27.3. The van der Waals surface area contributed by atoms with E-state index in [-0.39, 0.29) is 6.42 Å². The lowest BCUT2D eigenvalue weighted by Crippen LogP contribution is -2.56. The number of nitrogens with one attached hydrogen (secondary N) is 2. The molecule has 5 rings (SSSR count). The highest BCUT2D eigenvalue weighted by atomic mass is 16.5. The van der Waals surface area contributed by atoms with Gasteiger partial charge in [0.2, 0.25) is 11.8 Å². The van der Waals surface area contributed by atoms with Crippen LogP contribution in [-0.2, 0) is 21.0 Å². The van der Waals surface area contributed by atoms with Crippen LogP contribution in [-0.4, -0.2) is 28.3 Å². The van der Waals surface area contributed by atoms with Crippen molar-refractivity contribution in [2.75, 3.05) is 10.6 Å². The summed E-state index contributed by atoms with van der Waals surface area (Å²) in [5.74, 6) is -4.23. The minimum absolute atomic E-state index is 0.318. The molecule has 0 aromatic heterocycles. The fraction of sp³-hybridized carbons (Fsp3) is 0.308. The van der Waals surface area contributed by atoms with Gasteiger partial charge in [0.1, 0.15) is 24.1 Å². The van der Waals surface area contributed by atoms with Crippen LogP contribution in [0.2, 0.25) is 0 Å². The number of ketones is 1. The summed E-state index contributed by atoms with van der Waals surface area (Å²) in [4.78, 5) is 42.2. The summed E-state index contributed by atoms with van der Waals surface area (Å²) in [5, 5.41) is 17.8. The molecule has 0 aliphatic heterocycles. The predicted molar refractivity (Wildman–Crippen MR) is 181 cm³/mol. The molecule has 4 aromatic rings. The van der Waals surface area contributed by atoms with Gasteiger partial charge in [0, 0.05) is 23.7 Å². The first-order valence-corrected chi connectivity index (χ1v) is 15.6. The molecule has 7 nitrogen and oxygen atoms in total. The third-order valence-electron chi connectivity index (χ3n) is 8.90. The van der Waals surface area contributed by atoms with Crippen molar-refractivity contribution in [1.82, 2.24) is 0 Å². The molecule has 0 bridgehead atoms. The van der Waals surface area contributed by atoms with Crippen LogP contribution in [0.4, 0.5) is 11.4 Å². The Labute approximate surface area is 271 Å². The van der Waals surface area contributed by atoms with Gasteiger partial charge in [-0.2, -0.15) is 0 Å². The fourth-order valence-corrected chi connectivity index (χ4v) is 6.32. The highest BCUT2D eigenvalue weighted by Gasteiger charge is 2.56. The molecule has 1 aliphatic rings. The van der Waals surface area contributed by atoms with Crippen LogP contribution in [0.3, 0.4) is 0 Å². The number of aliphatic hydroxyl groups is 1. The minimum Gasteiger partial charge on any atom is -0.489 e. The van der Waals surface area contributed by atoms with Crippen molar-refractivity contribution in [2.24, 2.45) is 11.8 Å². The molecule has 0 saturated heterocycles. The lowest BCUT2D eigenvalue weighted by atomic mass is 9.61. The van der Waals surface area contributed by atoms with E-state index in [1.54, 1.807) is 24.3 Å². The number of rotatable bonds is 8. The number of carbonyl (C=O) groups excluding carboxylic acids is 3. The Morgan fingerprint density at radius 3 is 1.96 bits per heavy atom. The number of hydrogen-bond donors (Lipinski definition) is 3. The van der Waals surface area contributed by atoms with Crippen molar-refractivity contribution in [2.45, 2.75) is 66.1 Å². The van der Waals surface area contributed by atoms with Gasteiger partial charge in [-0.25, -0.2) is 0 Å². The highest BCUT2D eigenvalue weighted by molar-refractivity contribution is 6.10. The van der Waals surface area contributed by atoms with Crippen LogP contribution in [0.25, 0.3) is 0 Å². The number of carbonyl (C=O) groups is 3.